The number of aliphatic carboxylic acids is 1. The summed E-state index contributed by atoms with van der Waals surface area (Å²) in [4.78, 5) is 35.8. The third-order valence-corrected chi connectivity index (χ3v) is 4.91. The molecule has 0 spiro atoms. The van der Waals surface area contributed by atoms with Gasteiger partial charge in [0.1, 0.15) is 17.2 Å². The number of hydrogen-bond donors (Lipinski definition) is 2. The molecule has 0 radical (unpaired) electrons. The Morgan fingerprint density at radius 3 is 2.48 bits per heavy atom. The zero-order chi connectivity index (χ0) is 19.9. The fourth-order valence-electron chi connectivity index (χ4n) is 3.27. The Hall–Kier alpha value is -3.09. The zero-order valence-electron chi connectivity index (χ0n) is 15.6. The predicted octanol–water partition coefficient (Wildman–Crippen LogP) is 2.99. The van der Waals surface area contributed by atoms with E-state index in [-0.39, 0.29) is 18.4 Å². The third-order valence-electron chi connectivity index (χ3n) is 4.91. The van der Waals surface area contributed by atoms with Crippen molar-refractivity contribution >= 4 is 33.8 Å². The highest BCUT2D eigenvalue weighted by molar-refractivity contribution is 6.00. The number of furan rings is 1. The molecule has 0 saturated heterocycles. The lowest BCUT2D eigenvalue weighted by Crippen LogP contribution is -2.41. The number of carbonyl (C=O) groups excluding carboxylic acids is 1. The average molecular weight is 371 g/mol. The van der Waals surface area contributed by atoms with Crippen molar-refractivity contribution in [3.8, 4) is 0 Å². The smallest absolute Gasteiger partial charge is 0.340 e. The van der Waals surface area contributed by atoms with Gasteiger partial charge in [-0.25, -0.2) is 9.59 Å². The number of carbonyl (C=O) groups is 2. The Bertz CT molecular complexity index is 1120. The van der Waals surface area contributed by atoms with Crippen LogP contribution < -0.4 is 10.9 Å². The normalized spacial score (nSPS) is 12.4. The number of fused-ring (bicyclic) bond motifs is 2. The molecule has 2 N–H and O–H groups in total. The lowest BCUT2D eigenvalue weighted by Gasteiger charge is -2.13. The van der Waals surface area contributed by atoms with E-state index >= 15 is 0 Å². The molecule has 27 heavy (non-hydrogen) atoms. The van der Waals surface area contributed by atoms with Gasteiger partial charge in [0.05, 0.1) is 18.2 Å². The van der Waals surface area contributed by atoms with E-state index in [9.17, 15) is 14.4 Å². The molecule has 0 unspecified atom stereocenters. The van der Waals surface area contributed by atoms with Crippen LogP contribution in [0.3, 0.4) is 0 Å². The minimum atomic E-state index is -1.11. The van der Waals surface area contributed by atoms with Crippen molar-refractivity contribution in [1.29, 1.82) is 0 Å². The summed E-state index contributed by atoms with van der Waals surface area (Å²) in [5, 5.41) is 13.2. The summed E-state index contributed by atoms with van der Waals surface area (Å²) < 4.78 is 11.0. The average Bonchev–Trinajstić information content (AvgIpc) is 2.99. The molecule has 3 aromatic rings. The van der Waals surface area contributed by atoms with Gasteiger partial charge in [-0.05, 0) is 44.4 Å². The van der Waals surface area contributed by atoms with Crippen molar-refractivity contribution in [2.24, 2.45) is 0 Å². The van der Waals surface area contributed by atoms with E-state index < -0.39 is 23.5 Å². The van der Waals surface area contributed by atoms with Crippen LogP contribution in [-0.2, 0) is 16.0 Å². The molecule has 1 amide bonds. The van der Waals surface area contributed by atoms with Gasteiger partial charge in [0.15, 0.2) is 0 Å². The maximum absolute atomic E-state index is 12.5. The molecule has 0 aliphatic heterocycles. The Morgan fingerprint density at radius 1 is 1.15 bits per heavy atom. The summed E-state index contributed by atoms with van der Waals surface area (Å²) in [6.07, 6.45) is 1.66. The summed E-state index contributed by atoms with van der Waals surface area (Å²) in [6, 6.07) is 0.906. The van der Waals surface area contributed by atoms with Gasteiger partial charge < -0.3 is 19.3 Å². The van der Waals surface area contributed by atoms with Gasteiger partial charge in [-0.3, -0.25) is 4.79 Å². The van der Waals surface area contributed by atoms with Crippen LogP contribution in [0.1, 0.15) is 35.6 Å². The summed E-state index contributed by atoms with van der Waals surface area (Å²) in [7, 11) is 0. The van der Waals surface area contributed by atoms with Gasteiger partial charge in [0.2, 0.25) is 5.91 Å². The minimum absolute atomic E-state index is 0.222. The van der Waals surface area contributed by atoms with Crippen LogP contribution in [0.4, 0.5) is 0 Å². The molecular weight excluding hydrogens is 350 g/mol. The fourth-order valence-corrected chi connectivity index (χ4v) is 3.27. The predicted molar refractivity (Wildman–Crippen MR) is 100 cm³/mol. The van der Waals surface area contributed by atoms with Gasteiger partial charge in [0, 0.05) is 16.3 Å². The molecule has 2 aromatic heterocycles. The molecule has 0 fully saturated rings. The summed E-state index contributed by atoms with van der Waals surface area (Å²) in [6.45, 7) is 7.17. The highest BCUT2D eigenvalue weighted by Gasteiger charge is 2.22. The van der Waals surface area contributed by atoms with Gasteiger partial charge in [0.25, 0.3) is 0 Å². The van der Waals surface area contributed by atoms with Crippen LogP contribution in [-0.4, -0.2) is 23.0 Å². The van der Waals surface area contributed by atoms with Crippen molar-refractivity contribution in [2.75, 3.05) is 0 Å². The van der Waals surface area contributed by atoms with E-state index in [2.05, 4.69) is 5.32 Å². The van der Waals surface area contributed by atoms with E-state index in [1.165, 1.54) is 0 Å². The third kappa shape index (κ3) is 3.20. The molecule has 7 heteroatoms. The van der Waals surface area contributed by atoms with E-state index in [4.69, 9.17) is 13.9 Å². The number of aryl methyl sites for hydroxylation is 3. The highest BCUT2D eigenvalue weighted by Crippen LogP contribution is 2.32. The minimum Gasteiger partial charge on any atom is -0.480 e. The second-order valence-electron chi connectivity index (χ2n) is 6.71. The lowest BCUT2D eigenvalue weighted by atomic mass is 9.99. The molecule has 7 nitrogen and oxygen atoms in total. The Morgan fingerprint density at radius 2 is 1.85 bits per heavy atom. The van der Waals surface area contributed by atoms with Gasteiger partial charge in [-0.1, -0.05) is 6.92 Å². The molecule has 0 saturated carbocycles. The number of carboxylic acids is 1. The number of benzene rings is 1. The summed E-state index contributed by atoms with van der Waals surface area (Å²) >= 11 is 0. The van der Waals surface area contributed by atoms with Crippen LogP contribution in [0.2, 0.25) is 0 Å². The first kappa shape index (κ1) is 18.7. The first-order chi connectivity index (χ1) is 12.7. The zero-order valence-corrected chi connectivity index (χ0v) is 15.6. The van der Waals surface area contributed by atoms with Crippen LogP contribution in [0.25, 0.3) is 21.9 Å². The second kappa shape index (κ2) is 6.90. The number of hydrogen-bond acceptors (Lipinski definition) is 5. The maximum Gasteiger partial charge on any atom is 0.340 e. The van der Waals surface area contributed by atoms with E-state index in [1.807, 2.05) is 19.9 Å². The maximum atomic E-state index is 12.5. The van der Waals surface area contributed by atoms with Crippen molar-refractivity contribution in [3.63, 3.8) is 0 Å². The first-order valence-electron chi connectivity index (χ1n) is 8.70. The van der Waals surface area contributed by atoms with Crippen LogP contribution in [0.5, 0.6) is 0 Å². The van der Waals surface area contributed by atoms with Crippen LogP contribution >= 0.6 is 0 Å². The molecule has 0 aliphatic carbocycles. The second-order valence-corrected chi connectivity index (χ2v) is 6.71. The topological polar surface area (TPSA) is 110 Å². The fraction of sp³-hybridized carbons (Fsp3) is 0.350. The highest BCUT2D eigenvalue weighted by atomic mass is 16.4. The number of rotatable bonds is 5. The Balaban J connectivity index is 2.08. The number of nitrogens with one attached hydrogen (secondary N) is 1. The number of carboxylic acid groups (broad SMARTS) is 1. The molecular formula is C20H21NO6. The van der Waals surface area contributed by atoms with Crippen molar-refractivity contribution in [2.45, 2.75) is 46.6 Å². The Labute approximate surface area is 155 Å². The van der Waals surface area contributed by atoms with E-state index in [0.717, 1.165) is 21.9 Å². The SMILES string of the molecule is CC[C@@H](NC(=O)Cc1c(C)c2cc3c(C)coc3c(C)c2oc1=O)C(=O)O. The molecule has 3 rings (SSSR count). The van der Waals surface area contributed by atoms with Crippen LogP contribution in [0.15, 0.2) is 26.0 Å². The molecule has 1 aromatic carbocycles. The summed E-state index contributed by atoms with van der Waals surface area (Å²) in [5.74, 6) is -1.64. The van der Waals surface area contributed by atoms with Crippen molar-refractivity contribution < 1.29 is 23.5 Å². The first-order valence-corrected chi connectivity index (χ1v) is 8.70. The van der Waals surface area contributed by atoms with Gasteiger partial charge in [-0.15, -0.1) is 0 Å². The molecule has 0 bridgehead atoms. The molecule has 2 heterocycles. The summed E-state index contributed by atoms with van der Waals surface area (Å²) in [5.41, 5.74) is 3.05. The van der Waals surface area contributed by atoms with Crippen LogP contribution in [0, 0.1) is 20.8 Å². The largest absolute Gasteiger partial charge is 0.480 e. The molecule has 1 atom stereocenters. The van der Waals surface area contributed by atoms with Crippen molar-refractivity contribution in [3.05, 3.63) is 45.0 Å². The standard InChI is InChI=1S/C20H21NO6/c1-5-15(19(23)24)21-16(22)7-14-10(3)13-6-12-9(2)8-26-17(12)11(4)18(13)27-20(14)25/h6,8,15H,5,7H2,1-4H3,(H,21,22)(H,23,24)/t15-/m1/s1. The Kier molecular flexibility index (Phi) is 4.78. The molecule has 0 aliphatic rings. The quantitative estimate of drug-likeness (QED) is 0.667. The van der Waals surface area contributed by atoms with E-state index in [1.54, 1.807) is 20.1 Å². The van der Waals surface area contributed by atoms with E-state index in [0.29, 0.717) is 16.7 Å². The van der Waals surface area contributed by atoms with Gasteiger partial charge in [-0.2, -0.15) is 0 Å². The lowest BCUT2D eigenvalue weighted by molar-refractivity contribution is -0.141. The van der Waals surface area contributed by atoms with Gasteiger partial charge >= 0.3 is 11.6 Å². The number of amides is 1. The monoisotopic (exact) mass is 371 g/mol. The van der Waals surface area contributed by atoms with Crippen molar-refractivity contribution in [1.82, 2.24) is 5.32 Å². The molecule has 142 valence electrons.